The topological polar surface area (TPSA) is 95.1 Å². The maximum atomic E-state index is 12.6. The molecule has 1 amide bonds. The van der Waals surface area contributed by atoms with Gasteiger partial charge in [0.1, 0.15) is 11.6 Å². The number of carboxylic acid groups (broad SMARTS) is 1. The first-order valence-electron chi connectivity index (χ1n) is 9.02. The van der Waals surface area contributed by atoms with E-state index in [1.165, 1.54) is 12.1 Å². The maximum absolute atomic E-state index is 12.6. The minimum Gasteiger partial charge on any atom is -0.478 e. The Bertz CT molecular complexity index is 1220. The van der Waals surface area contributed by atoms with Crippen LogP contribution in [0.25, 0.3) is 11.8 Å². The monoisotopic (exact) mass is 463 g/mol. The van der Waals surface area contributed by atoms with Gasteiger partial charge in [-0.25, -0.2) is 4.79 Å². The van der Waals surface area contributed by atoms with Crippen LogP contribution in [0.3, 0.4) is 0 Å². The molecule has 3 rings (SSSR count). The van der Waals surface area contributed by atoms with Gasteiger partial charge in [-0.15, -0.1) is 0 Å². The van der Waals surface area contributed by atoms with Crippen LogP contribution in [0.2, 0.25) is 0 Å². The van der Waals surface area contributed by atoms with Gasteiger partial charge in [0.25, 0.3) is 5.91 Å². The van der Waals surface area contributed by atoms with Gasteiger partial charge >= 0.3 is 5.97 Å². The number of nitriles is 1. The van der Waals surface area contributed by atoms with Crippen LogP contribution >= 0.6 is 15.9 Å². The zero-order valence-electron chi connectivity index (χ0n) is 16.3. The molecule has 6 nitrogen and oxygen atoms in total. The van der Waals surface area contributed by atoms with Gasteiger partial charge in [0.2, 0.25) is 0 Å². The first kappa shape index (κ1) is 21.1. The molecule has 0 bridgehead atoms. The van der Waals surface area contributed by atoms with Crippen LogP contribution in [-0.4, -0.2) is 21.6 Å². The van der Waals surface area contributed by atoms with Crippen molar-refractivity contribution in [2.45, 2.75) is 13.8 Å². The number of benzene rings is 2. The van der Waals surface area contributed by atoms with Crippen LogP contribution < -0.4 is 5.32 Å². The summed E-state index contributed by atoms with van der Waals surface area (Å²) in [5.74, 6) is -1.55. The summed E-state index contributed by atoms with van der Waals surface area (Å²) in [7, 11) is 0. The van der Waals surface area contributed by atoms with Gasteiger partial charge in [-0.2, -0.15) is 5.26 Å². The highest BCUT2D eigenvalue weighted by molar-refractivity contribution is 9.10. The molecule has 0 aliphatic heterocycles. The Hall–Kier alpha value is -3.63. The Kier molecular flexibility index (Phi) is 6.19. The third-order valence-corrected chi connectivity index (χ3v) is 5.09. The molecular formula is C23H18BrN3O3. The third-order valence-electron chi connectivity index (χ3n) is 4.59. The number of hydrogen-bond acceptors (Lipinski definition) is 3. The van der Waals surface area contributed by atoms with E-state index in [1.807, 2.05) is 32.0 Å². The number of hydrogen-bond donors (Lipinski definition) is 2. The van der Waals surface area contributed by atoms with Crippen molar-refractivity contribution in [3.63, 3.8) is 0 Å². The van der Waals surface area contributed by atoms with E-state index in [9.17, 15) is 20.0 Å². The number of halogens is 1. The molecule has 30 heavy (non-hydrogen) atoms. The van der Waals surface area contributed by atoms with E-state index in [-0.39, 0.29) is 11.1 Å². The van der Waals surface area contributed by atoms with Gasteiger partial charge in [0.15, 0.2) is 0 Å². The fraction of sp³-hybridized carbons (Fsp3) is 0.0870. The minimum atomic E-state index is -1.03. The molecule has 0 atom stereocenters. The average molecular weight is 464 g/mol. The Morgan fingerprint density at radius 2 is 1.87 bits per heavy atom. The third kappa shape index (κ3) is 4.34. The molecule has 0 fully saturated rings. The zero-order chi connectivity index (χ0) is 21.8. The highest BCUT2D eigenvalue weighted by Crippen LogP contribution is 2.25. The van der Waals surface area contributed by atoms with Crippen molar-refractivity contribution in [3.8, 4) is 11.8 Å². The van der Waals surface area contributed by atoms with Gasteiger partial charge in [-0.3, -0.25) is 4.79 Å². The van der Waals surface area contributed by atoms with Crippen LogP contribution in [0.1, 0.15) is 27.3 Å². The second kappa shape index (κ2) is 8.80. The number of aryl methyl sites for hydroxylation is 1. The highest BCUT2D eigenvalue weighted by Gasteiger charge is 2.17. The smallest absolute Gasteiger partial charge is 0.337 e. The highest BCUT2D eigenvalue weighted by atomic mass is 79.9. The first-order valence-corrected chi connectivity index (χ1v) is 9.81. The molecule has 7 heteroatoms. The Morgan fingerprint density at radius 3 is 2.53 bits per heavy atom. The van der Waals surface area contributed by atoms with E-state index in [1.54, 1.807) is 41.0 Å². The number of carboxylic acids is 1. The van der Waals surface area contributed by atoms with Crippen LogP contribution in [0.4, 0.5) is 5.69 Å². The van der Waals surface area contributed by atoms with Gasteiger partial charge in [-0.1, -0.05) is 34.1 Å². The Morgan fingerprint density at radius 1 is 1.13 bits per heavy atom. The fourth-order valence-corrected chi connectivity index (χ4v) is 3.62. The second-order valence-corrected chi connectivity index (χ2v) is 7.53. The summed E-state index contributed by atoms with van der Waals surface area (Å²) in [6.07, 6.45) is 1.51. The van der Waals surface area contributed by atoms with Crippen molar-refractivity contribution in [1.82, 2.24) is 4.57 Å². The van der Waals surface area contributed by atoms with E-state index < -0.39 is 11.9 Å². The average Bonchev–Trinajstić information content (AvgIpc) is 2.98. The van der Waals surface area contributed by atoms with Gasteiger partial charge in [0, 0.05) is 21.5 Å². The molecule has 2 N–H and O–H groups in total. The second-order valence-electron chi connectivity index (χ2n) is 6.62. The van der Waals surface area contributed by atoms with Crippen molar-refractivity contribution >= 4 is 39.6 Å². The largest absolute Gasteiger partial charge is 0.478 e. The maximum Gasteiger partial charge on any atom is 0.337 e. The number of nitrogens with one attached hydrogen (secondary N) is 1. The lowest BCUT2D eigenvalue weighted by atomic mass is 10.1. The fourth-order valence-electron chi connectivity index (χ4n) is 3.22. The van der Waals surface area contributed by atoms with E-state index in [4.69, 9.17) is 0 Å². The predicted octanol–water partition coefficient (Wildman–Crippen LogP) is 5.10. The molecule has 0 spiro atoms. The molecule has 2 aromatic carbocycles. The van der Waals surface area contributed by atoms with Crippen LogP contribution in [0.15, 0.2) is 64.6 Å². The van der Waals surface area contributed by atoms with Crippen LogP contribution in [0, 0.1) is 25.2 Å². The normalized spacial score (nSPS) is 11.1. The molecule has 1 heterocycles. The lowest BCUT2D eigenvalue weighted by Gasteiger charge is -2.12. The van der Waals surface area contributed by atoms with Gasteiger partial charge in [0.05, 0.1) is 11.3 Å². The Labute approximate surface area is 182 Å². The summed E-state index contributed by atoms with van der Waals surface area (Å²) in [5.41, 5.74) is 3.38. The van der Waals surface area contributed by atoms with Crippen molar-refractivity contribution in [2.24, 2.45) is 0 Å². The SMILES string of the molecule is Cc1cc(/C=C(\C#N)C(=O)Nc2cccc(Br)c2)c(C)n1-c1ccccc1C(=O)O. The zero-order valence-corrected chi connectivity index (χ0v) is 17.9. The molecule has 0 aliphatic carbocycles. The molecule has 0 saturated carbocycles. The summed E-state index contributed by atoms with van der Waals surface area (Å²) < 4.78 is 2.61. The molecule has 0 aliphatic rings. The summed E-state index contributed by atoms with van der Waals surface area (Å²) in [5, 5.41) is 21.7. The number of carbonyl (C=O) groups is 2. The summed E-state index contributed by atoms with van der Waals surface area (Å²) in [4.78, 5) is 24.2. The number of rotatable bonds is 5. The quantitative estimate of drug-likeness (QED) is 0.406. The summed E-state index contributed by atoms with van der Waals surface area (Å²) in [6, 6.07) is 17.5. The molecule has 0 saturated heterocycles. The predicted molar refractivity (Wildman–Crippen MR) is 119 cm³/mol. The summed E-state index contributed by atoms with van der Waals surface area (Å²) >= 11 is 3.34. The van der Waals surface area contributed by atoms with Crippen molar-refractivity contribution in [1.29, 1.82) is 5.26 Å². The number of aromatic carboxylic acids is 1. The molecular weight excluding hydrogens is 446 g/mol. The van der Waals surface area contributed by atoms with E-state index in [2.05, 4.69) is 21.2 Å². The van der Waals surface area contributed by atoms with E-state index in [0.29, 0.717) is 16.9 Å². The molecule has 0 unspecified atom stereocenters. The number of para-hydroxylation sites is 1. The summed E-state index contributed by atoms with van der Waals surface area (Å²) in [6.45, 7) is 3.66. The standard InChI is InChI=1S/C23H18BrN3O3/c1-14-10-16(15(2)27(14)21-9-4-3-8-20(21)23(29)30)11-17(13-25)22(28)26-19-7-5-6-18(24)12-19/h3-12H,1-2H3,(H,26,28)(H,29,30)/b17-11+. The minimum absolute atomic E-state index is 0.0539. The number of aromatic nitrogens is 1. The van der Waals surface area contributed by atoms with Crippen LogP contribution in [0.5, 0.6) is 0 Å². The lowest BCUT2D eigenvalue weighted by Crippen LogP contribution is -2.13. The number of amides is 1. The van der Waals surface area contributed by atoms with Crippen molar-refractivity contribution in [3.05, 3.63) is 87.2 Å². The van der Waals surface area contributed by atoms with Crippen LogP contribution in [-0.2, 0) is 4.79 Å². The van der Waals surface area contributed by atoms with E-state index >= 15 is 0 Å². The van der Waals surface area contributed by atoms with E-state index in [0.717, 1.165) is 15.9 Å². The first-order chi connectivity index (χ1) is 14.3. The molecule has 3 aromatic rings. The van der Waals surface area contributed by atoms with Crippen molar-refractivity contribution < 1.29 is 14.7 Å². The Balaban J connectivity index is 1.99. The molecule has 150 valence electrons. The van der Waals surface area contributed by atoms with Crippen molar-refractivity contribution in [2.75, 3.05) is 5.32 Å². The number of nitrogens with zero attached hydrogens (tertiary/aromatic N) is 2. The van der Waals surface area contributed by atoms with Gasteiger partial charge in [-0.05, 0) is 61.9 Å². The lowest BCUT2D eigenvalue weighted by molar-refractivity contribution is -0.112. The number of carbonyl (C=O) groups excluding carboxylic acids is 1. The van der Waals surface area contributed by atoms with Gasteiger partial charge < -0.3 is 15.0 Å². The number of anilines is 1. The molecule has 0 radical (unpaired) electrons. The molecule has 1 aromatic heterocycles.